The van der Waals surface area contributed by atoms with Crippen molar-refractivity contribution < 1.29 is 54.0 Å². The molecular weight excluding hydrogens is 1740 g/mol. The summed E-state index contributed by atoms with van der Waals surface area (Å²) in [4.78, 5) is 37.0. The molecule has 5 aromatic carbocycles. The van der Waals surface area contributed by atoms with Crippen LogP contribution in [0.3, 0.4) is 0 Å². The van der Waals surface area contributed by atoms with E-state index in [1.54, 1.807) is 60.7 Å². The van der Waals surface area contributed by atoms with Crippen LogP contribution in [-0.4, -0.2) is 89.0 Å². The molecule has 20 heteroatoms. The summed E-state index contributed by atoms with van der Waals surface area (Å²) in [5.41, 5.74) is 7.95. The molecular formula is C83H142Br5Cl5Mg2N4O4. The summed E-state index contributed by atoms with van der Waals surface area (Å²) < 4.78 is 45.4. The van der Waals surface area contributed by atoms with Crippen molar-refractivity contribution in [2.45, 2.75) is 297 Å². The molecule has 0 bridgehead atoms. The van der Waals surface area contributed by atoms with Crippen LogP contribution in [0.15, 0.2) is 121 Å². The fourth-order valence-corrected chi connectivity index (χ4v) is 14.0. The molecule has 12 rings (SSSR count). The number of Topliss-reactive ketones (excluding diaryl/α,β-unsaturated/α-hetero) is 3. The van der Waals surface area contributed by atoms with E-state index < -0.39 is 11.1 Å². The summed E-state index contributed by atoms with van der Waals surface area (Å²) in [6, 6.07) is 38.1. The van der Waals surface area contributed by atoms with Crippen LogP contribution in [0.2, 0.25) is 25.1 Å². The topological polar surface area (TPSA) is 180 Å². The number of rotatable bonds is 7. The average Bonchev–Trinajstić information content (AvgIpc) is 1.23. The molecule has 7 fully saturated rings. The number of halogens is 10. The summed E-state index contributed by atoms with van der Waals surface area (Å²) in [6.45, 7) is 24.0. The van der Waals surface area contributed by atoms with Gasteiger partial charge in [-0.05, 0) is 118 Å². The molecule has 7 N–H and O–H groups in total. The predicted octanol–water partition coefficient (Wildman–Crippen LogP) is 27.7. The van der Waals surface area contributed by atoms with E-state index in [4.69, 9.17) is 87.7 Å². The van der Waals surface area contributed by atoms with Gasteiger partial charge in [0, 0.05) is 58.6 Å². The number of nitriles is 1. The molecule has 7 saturated carbocycles. The number of carbonyl (C=O) groups is 3. The third kappa shape index (κ3) is 46.8. The van der Waals surface area contributed by atoms with Crippen LogP contribution in [0, 0.1) is 29.1 Å². The fourth-order valence-electron chi connectivity index (χ4n) is 11.4. The van der Waals surface area contributed by atoms with Gasteiger partial charge in [-0.15, -0.1) is 34.0 Å². The van der Waals surface area contributed by atoms with Gasteiger partial charge in [-0.25, -0.2) is 0 Å². The number of alkyl halides is 2. The SMILES string of the molecule is Br.Br.BrC1CCCC1.C1CCCC1.CC.CC.CC.CC.CC.CC.N.N#Cc1ccccc1Cl.N=C(c1ccccc1Cl)C1(O)CCCC1.NC1(c2ccccc2Cl)CCCCC1=O.O=C(c1ccccc1Cl)C1(Br)CCCC1.O=C(c1ccccc1Cl)C1CCCC1.[2H]C.[2H][2H].[2H][2H].[2H][2H].[2H][2H].[3HH].[Br-].[CH-]1CCCC1.[H-].[H-].[Mg+2].[Mg+2]. The smallest absolute Gasteiger partial charge is 1.00 e. The Balaban J connectivity index is -0.0000000677. The Morgan fingerprint density at radius 3 is 1.27 bits per heavy atom. The van der Waals surface area contributed by atoms with Crippen molar-refractivity contribution in [2.75, 3.05) is 0 Å². The Morgan fingerprint density at radius 1 is 0.573 bits per heavy atom. The third-order valence-electron chi connectivity index (χ3n) is 16.5. The van der Waals surface area contributed by atoms with Crippen LogP contribution < -0.4 is 28.9 Å². The van der Waals surface area contributed by atoms with Gasteiger partial charge >= 0.3 is 46.1 Å². The molecule has 0 heterocycles. The van der Waals surface area contributed by atoms with E-state index in [0.29, 0.717) is 73.1 Å². The first kappa shape index (κ1) is 109. The Hall–Kier alpha value is -0.468. The van der Waals surface area contributed by atoms with Crippen molar-refractivity contribution in [1.29, 1.82) is 10.7 Å². The van der Waals surface area contributed by atoms with Gasteiger partial charge in [-0.1, -0.05) is 356 Å². The first-order valence-electron chi connectivity index (χ1n) is 41.4. The van der Waals surface area contributed by atoms with E-state index in [1.807, 2.05) is 150 Å². The van der Waals surface area contributed by atoms with E-state index in [9.17, 15) is 19.5 Å². The number of nitrogens with two attached hydrogens (primary N) is 1. The second-order valence-electron chi connectivity index (χ2n) is 22.8. The van der Waals surface area contributed by atoms with Crippen LogP contribution in [0.4, 0.5) is 0 Å². The van der Waals surface area contributed by atoms with Gasteiger partial charge in [-0.2, -0.15) is 18.1 Å². The van der Waals surface area contributed by atoms with Gasteiger partial charge in [0.25, 0.3) is 0 Å². The van der Waals surface area contributed by atoms with E-state index in [1.165, 1.54) is 104 Å². The Bertz CT molecular complexity index is 2860. The number of ketones is 3. The summed E-state index contributed by atoms with van der Waals surface area (Å²) >= 11 is 36.8. The second kappa shape index (κ2) is 75.6. The van der Waals surface area contributed by atoms with Crippen LogP contribution >= 0.6 is 124 Å². The van der Waals surface area contributed by atoms with Crippen LogP contribution in [-0.2, 0) is 10.3 Å². The number of hydrogen-bond donors (Lipinski definition) is 4. The summed E-state index contributed by atoms with van der Waals surface area (Å²) in [7, 11) is 1.25. The van der Waals surface area contributed by atoms with E-state index in [0.717, 1.165) is 74.6 Å². The Kier molecular flexibility index (Phi) is 79.9. The normalized spacial score (nSPS) is 17.1. The number of nitrogens with zero attached hydrogens (tertiary/aromatic N) is 1. The van der Waals surface area contributed by atoms with Crippen molar-refractivity contribution in [2.24, 2.45) is 11.7 Å². The average molecular weight is 1900 g/mol. The largest absolute Gasteiger partial charge is 2.00 e. The molecule has 0 saturated heterocycles. The van der Waals surface area contributed by atoms with Gasteiger partial charge in [0.15, 0.2) is 17.3 Å². The Morgan fingerprint density at radius 2 is 0.922 bits per heavy atom. The summed E-state index contributed by atoms with van der Waals surface area (Å²) in [5.74, 6) is 0.690. The molecule has 5 aromatic rings. The minimum atomic E-state index is -0.953. The molecule has 592 valence electrons. The zero-order chi connectivity index (χ0) is 82.8. The fraction of sp³-hybridized carbons (Fsp3) is 0.566. The van der Waals surface area contributed by atoms with Crippen molar-refractivity contribution in [3.63, 3.8) is 0 Å². The van der Waals surface area contributed by atoms with Crippen molar-refractivity contribution >= 4 is 193 Å². The monoisotopic (exact) mass is 1890 g/mol. The van der Waals surface area contributed by atoms with Gasteiger partial charge in [0.05, 0.1) is 30.7 Å². The molecule has 7 aliphatic rings. The van der Waals surface area contributed by atoms with Gasteiger partial charge in [-0.3, -0.25) is 14.4 Å². The molecule has 0 radical (unpaired) electrons. The number of nitrogens with one attached hydrogen (secondary N) is 1. The van der Waals surface area contributed by atoms with Gasteiger partial charge in [0.1, 0.15) is 17.2 Å². The molecule has 103 heavy (non-hydrogen) atoms. The number of carbonyl (C=O) groups excluding carboxylic acids is 3. The van der Waals surface area contributed by atoms with Gasteiger partial charge in [0.2, 0.25) is 0 Å². The molecule has 0 spiro atoms. The number of aliphatic hydroxyl groups is 1. The second-order valence-corrected chi connectivity index (χ2v) is 27.6. The minimum Gasteiger partial charge on any atom is -1.00 e. The maximum atomic E-state index is 12.3. The first-order valence-corrected chi connectivity index (χ1v) is 40.0. The minimum absolute atomic E-state index is 0. The number of benzene rings is 5. The van der Waals surface area contributed by atoms with Crippen LogP contribution in [0.25, 0.3) is 0 Å². The molecule has 8 nitrogen and oxygen atoms in total. The van der Waals surface area contributed by atoms with Gasteiger partial charge < -0.3 is 48.7 Å². The van der Waals surface area contributed by atoms with Crippen LogP contribution in [0.1, 0.15) is 332 Å². The zero-order valence-corrected chi connectivity index (χ0v) is 79.7. The van der Waals surface area contributed by atoms with Crippen molar-refractivity contribution in [1.82, 2.24) is 6.15 Å². The quantitative estimate of drug-likeness (QED) is 0.0411. The predicted molar refractivity (Wildman–Crippen MR) is 484 cm³/mol. The standard InChI is InChI=1S/C12H12BrClO.2C12H14ClNO.C12H13ClO.C7H4ClN.C5H9Br.C5H10.C5H9.6C2H6.CH4.3BrH.2Mg.H3N.5H2.2H/c13-12(7-3-4-8-12)11(15)9-5-1-2-6-10(9)14;13-10-6-2-1-5-9(10)11(14)12(15)7-3-4-8-12;13-10-6-2-1-5-9(10)12(14)8-4-3-7-11(12)15;13-11-8-4-3-7-10(11)12(14)9-5-1-2-6-9;8-7-4-2-1-3-6(7)5-9;6-5-3-1-2-4-5;2*1-2-4-5-3-1;6*1-2;;;;;;;;;;;;;;/h1-2,5-6H,3-4,7-8H2;1-2,5-6,14-15H,3-4,7-8H2;1-2,5-6H,3-4,7-8,14H2;3-4,7-9H,1-2,5-6H2;1-4H;5H,1-4H2;1-5H2;1H,2-5H2;6*1-2H3;1H4;3*1H;;;1H3;5*1H;;/q;;;;;;;-1;;;;;;;;;;;2*+2;;;;;;;2*-1/p-1/i;;;;;;;;;;;;;;1D;;;;;;;1+2;4*1+1D;;. The maximum Gasteiger partial charge on any atom is 2.00 e. The molecule has 1 unspecified atom stereocenters. The molecule has 1 atom stereocenters. The van der Waals surface area contributed by atoms with Crippen molar-refractivity contribution in [3.05, 3.63) is 181 Å². The zero-order valence-electron chi connectivity index (χ0n) is 75.9. The summed E-state index contributed by atoms with van der Waals surface area (Å²) in [5, 5.41) is 29.5. The van der Waals surface area contributed by atoms with E-state index in [2.05, 4.69) is 38.3 Å². The first-order chi connectivity index (χ1) is 51.4. The third-order valence-corrected chi connectivity index (χ3v) is 20.2. The van der Waals surface area contributed by atoms with E-state index in [-0.39, 0.29) is 141 Å². The maximum absolute atomic E-state index is 12.3. The van der Waals surface area contributed by atoms with Crippen molar-refractivity contribution in [3.8, 4) is 6.07 Å². The molecule has 7 aliphatic carbocycles. The molecule has 0 amide bonds. The molecule has 0 aliphatic heterocycles. The molecule has 0 aromatic heterocycles. The summed E-state index contributed by atoms with van der Waals surface area (Å²) in [6.07, 6.45) is 36.2. The Labute approximate surface area is 751 Å². The number of hydrogen-bond acceptors (Lipinski definition) is 8. The van der Waals surface area contributed by atoms with E-state index >= 15 is 0 Å². The van der Waals surface area contributed by atoms with Crippen LogP contribution in [0.5, 0.6) is 0 Å².